The molecule has 0 unspecified atom stereocenters. The van der Waals surface area contributed by atoms with Crippen molar-refractivity contribution >= 4 is 23.5 Å². The van der Waals surface area contributed by atoms with Crippen LogP contribution in [0.4, 0.5) is 5.69 Å². The monoisotopic (exact) mass is 354 g/mol. The highest BCUT2D eigenvalue weighted by Crippen LogP contribution is 2.17. The van der Waals surface area contributed by atoms with Gasteiger partial charge in [-0.3, -0.25) is 9.59 Å². The second-order valence-corrected chi connectivity index (χ2v) is 5.91. The standard InChI is InChI=1S/C20H22N2O4/c1-14-6-4-7-16(10-14)12-21-19(24)13-22(15(2)23)18-9-5-8-17(11-18)20(25)26-3/h4-11H,12-13H2,1-3H3,(H,21,24). The van der Waals surface area contributed by atoms with Gasteiger partial charge < -0.3 is 15.0 Å². The van der Waals surface area contributed by atoms with Gasteiger partial charge in [-0.15, -0.1) is 0 Å². The van der Waals surface area contributed by atoms with E-state index in [0.29, 0.717) is 17.8 Å². The molecule has 0 aliphatic carbocycles. The summed E-state index contributed by atoms with van der Waals surface area (Å²) in [6, 6.07) is 14.3. The van der Waals surface area contributed by atoms with Crippen LogP contribution in [-0.2, 0) is 20.9 Å². The molecule has 0 saturated heterocycles. The van der Waals surface area contributed by atoms with Crippen molar-refractivity contribution in [3.63, 3.8) is 0 Å². The minimum atomic E-state index is -0.501. The van der Waals surface area contributed by atoms with Gasteiger partial charge in [-0.2, -0.15) is 0 Å². The van der Waals surface area contributed by atoms with E-state index in [-0.39, 0.29) is 18.4 Å². The van der Waals surface area contributed by atoms with Crippen LogP contribution in [-0.4, -0.2) is 31.4 Å². The van der Waals surface area contributed by atoms with Gasteiger partial charge in [0.1, 0.15) is 6.54 Å². The minimum Gasteiger partial charge on any atom is -0.465 e. The molecular formula is C20H22N2O4. The van der Waals surface area contributed by atoms with Crippen LogP contribution in [0.15, 0.2) is 48.5 Å². The maximum atomic E-state index is 12.3. The highest BCUT2D eigenvalue weighted by atomic mass is 16.5. The lowest BCUT2D eigenvalue weighted by molar-refractivity contribution is -0.123. The van der Waals surface area contributed by atoms with Crippen LogP contribution < -0.4 is 10.2 Å². The highest BCUT2D eigenvalue weighted by molar-refractivity contribution is 5.99. The third kappa shape index (κ3) is 5.17. The van der Waals surface area contributed by atoms with E-state index < -0.39 is 5.97 Å². The van der Waals surface area contributed by atoms with Gasteiger partial charge >= 0.3 is 5.97 Å². The number of nitrogens with zero attached hydrogens (tertiary/aromatic N) is 1. The van der Waals surface area contributed by atoms with Gasteiger partial charge in [0.15, 0.2) is 0 Å². The van der Waals surface area contributed by atoms with Crippen LogP contribution in [0.5, 0.6) is 0 Å². The van der Waals surface area contributed by atoms with E-state index in [4.69, 9.17) is 0 Å². The molecule has 6 heteroatoms. The molecule has 2 rings (SSSR count). The van der Waals surface area contributed by atoms with Crippen LogP contribution >= 0.6 is 0 Å². The molecule has 6 nitrogen and oxygen atoms in total. The fraction of sp³-hybridized carbons (Fsp3) is 0.250. The summed E-state index contributed by atoms with van der Waals surface area (Å²) in [5, 5.41) is 2.81. The van der Waals surface area contributed by atoms with Crippen molar-refractivity contribution in [2.45, 2.75) is 20.4 Å². The summed E-state index contributed by atoms with van der Waals surface area (Å²) in [5.41, 5.74) is 2.88. The Kier molecular flexibility index (Phi) is 6.49. The number of methoxy groups -OCH3 is 1. The summed E-state index contributed by atoms with van der Waals surface area (Å²) >= 11 is 0. The van der Waals surface area contributed by atoms with Crippen molar-refractivity contribution in [2.75, 3.05) is 18.6 Å². The lowest BCUT2D eigenvalue weighted by Gasteiger charge is -2.21. The zero-order chi connectivity index (χ0) is 19.1. The average Bonchev–Trinajstić information content (AvgIpc) is 2.63. The third-order valence-corrected chi connectivity index (χ3v) is 3.83. The summed E-state index contributed by atoms with van der Waals surface area (Å²) in [4.78, 5) is 37.2. The number of anilines is 1. The Morgan fingerprint density at radius 3 is 2.46 bits per heavy atom. The topological polar surface area (TPSA) is 75.7 Å². The van der Waals surface area contributed by atoms with E-state index in [2.05, 4.69) is 10.1 Å². The number of ether oxygens (including phenoxy) is 1. The number of carbonyl (C=O) groups excluding carboxylic acids is 3. The smallest absolute Gasteiger partial charge is 0.337 e. The van der Waals surface area contributed by atoms with Crippen molar-refractivity contribution in [1.29, 1.82) is 0 Å². The molecule has 0 aromatic heterocycles. The molecule has 0 saturated carbocycles. The molecule has 0 bridgehead atoms. The lowest BCUT2D eigenvalue weighted by atomic mass is 10.1. The molecule has 0 aliphatic rings. The largest absolute Gasteiger partial charge is 0.465 e. The summed E-state index contributed by atoms with van der Waals surface area (Å²) in [5.74, 6) is -1.08. The summed E-state index contributed by atoms with van der Waals surface area (Å²) in [6.07, 6.45) is 0. The van der Waals surface area contributed by atoms with Crippen LogP contribution in [0.2, 0.25) is 0 Å². The Hall–Kier alpha value is -3.15. The maximum Gasteiger partial charge on any atom is 0.337 e. The molecule has 0 fully saturated rings. The van der Waals surface area contributed by atoms with Gasteiger partial charge in [-0.25, -0.2) is 4.79 Å². The number of hydrogen-bond acceptors (Lipinski definition) is 4. The number of aryl methyl sites for hydroxylation is 1. The molecule has 2 aromatic rings. The Morgan fingerprint density at radius 2 is 1.81 bits per heavy atom. The maximum absolute atomic E-state index is 12.3. The molecule has 136 valence electrons. The SMILES string of the molecule is COC(=O)c1cccc(N(CC(=O)NCc2cccc(C)c2)C(C)=O)c1. The van der Waals surface area contributed by atoms with Crippen molar-refractivity contribution in [2.24, 2.45) is 0 Å². The Balaban J connectivity index is 2.07. The predicted octanol–water partition coefficient (Wildman–Crippen LogP) is 2.45. The molecule has 1 N–H and O–H groups in total. The number of carbonyl (C=O) groups is 3. The average molecular weight is 354 g/mol. The van der Waals surface area contributed by atoms with E-state index in [1.165, 1.54) is 25.0 Å². The summed E-state index contributed by atoms with van der Waals surface area (Å²) < 4.78 is 4.69. The van der Waals surface area contributed by atoms with Crippen LogP contribution in [0.1, 0.15) is 28.4 Å². The van der Waals surface area contributed by atoms with Crippen molar-refractivity contribution < 1.29 is 19.1 Å². The molecule has 0 radical (unpaired) electrons. The number of benzene rings is 2. The first-order chi connectivity index (χ1) is 12.4. The first kappa shape index (κ1) is 19.2. The molecule has 0 spiro atoms. The zero-order valence-electron chi connectivity index (χ0n) is 15.1. The molecule has 0 atom stereocenters. The third-order valence-electron chi connectivity index (χ3n) is 3.83. The van der Waals surface area contributed by atoms with Crippen LogP contribution in [0, 0.1) is 6.92 Å². The first-order valence-electron chi connectivity index (χ1n) is 8.19. The molecule has 0 heterocycles. The van der Waals surface area contributed by atoms with Crippen LogP contribution in [0.3, 0.4) is 0 Å². The fourth-order valence-corrected chi connectivity index (χ4v) is 2.53. The van der Waals surface area contributed by atoms with Gasteiger partial charge in [-0.1, -0.05) is 35.9 Å². The molecule has 0 aliphatic heterocycles. The van der Waals surface area contributed by atoms with E-state index in [0.717, 1.165) is 11.1 Å². The number of rotatable bonds is 6. The highest BCUT2D eigenvalue weighted by Gasteiger charge is 2.17. The zero-order valence-corrected chi connectivity index (χ0v) is 15.1. The van der Waals surface area contributed by atoms with E-state index in [1.807, 2.05) is 31.2 Å². The first-order valence-corrected chi connectivity index (χ1v) is 8.19. The van der Waals surface area contributed by atoms with Gasteiger partial charge in [-0.05, 0) is 30.7 Å². The molecule has 2 amide bonds. The number of esters is 1. The molecular weight excluding hydrogens is 332 g/mol. The van der Waals surface area contributed by atoms with E-state index in [1.54, 1.807) is 18.2 Å². The quantitative estimate of drug-likeness (QED) is 0.809. The molecule has 2 aromatic carbocycles. The predicted molar refractivity (Wildman–Crippen MR) is 98.8 cm³/mol. The van der Waals surface area contributed by atoms with Gasteiger partial charge in [0, 0.05) is 19.2 Å². The van der Waals surface area contributed by atoms with Crippen molar-refractivity contribution in [3.05, 3.63) is 65.2 Å². The Morgan fingerprint density at radius 1 is 1.08 bits per heavy atom. The van der Waals surface area contributed by atoms with Crippen molar-refractivity contribution in [3.8, 4) is 0 Å². The fourth-order valence-electron chi connectivity index (χ4n) is 2.53. The second kappa shape index (κ2) is 8.80. The summed E-state index contributed by atoms with van der Waals surface area (Å²) in [7, 11) is 1.29. The second-order valence-electron chi connectivity index (χ2n) is 5.91. The van der Waals surface area contributed by atoms with Gasteiger partial charge in [0.2, 0.25) is 11.8 Å². The normalized spacial score (nSPS) is 10.1. The number of hydrogen-bond donors (Lipinski definition) is 1. The summed E-state index contributed by atoms with van der Waals surface area (Å²) in [6.45, 7) is 3.61. The van der Waals surface area contributed by atoms with Gasteiger partial charge in [0.05, 0.1) is 12.7 Å². The van der Waals surface area contributed by atoms with Gasteiger partial charge in [0.25, 0.3) is 0 Å². The number of amides is 2. The number of nitrogens with one attached hydrogen (secondary N) is 1. The Labute approximate surface area is 152 Å². The van der Waals surface area contributed by atoms with Crippen LogP contribution in [0.25, 0.3) is 0 Å². The Bertz CT molecular complexity index is 817. The minimum absolute atomic E-state index is 0.133. The lowest BCUT2D eigenvalue weighted by Crippen LogP contribution is -2.39. The molecule has 26 heavy (non-hydrogen) atoms. The van der Waals surface area contributed by atoms with Crippen molar-refractivity contribution in [1.82, 2.24) is 5.32 Å². The van der Waals surface area contributed by atoms with E-state index >= 15 is 0 Å². The van der Waals surface area contributed by atoms with E-state index in [9.17, 15) is 14.4 Å².